The summed E-state index contributed by atoms with van der Waals surface area (Å²) in [7, 11) is 3.33. The average molecular weight is 338 g/mol. The number of rotatable bonds is 2. The number of nitrogens with one attached hydrogen (secondary N) is 1. The third kappa shape index (κ3) is 1.75. The van der Waals surface area contributed by atoms with Crippen molar-refractivity contribution in [3.63, 3.8) is 0 Å². The van der Waals surface area contributed by atoms with E-state index in [1.807, 2.05) is 12.1 Å². The molecule has 0 aliphatic heterocycles. The van der Waals surface area contributed by atoms with Crippen molar-refractivity contribution in [2.24, 2.45) is 14.1 Å². The van der Waals surface area contributed by atoms with Gasteiger partial charge < -0.3 is 9.55 Å². The molecule has 0 aliphatic carbocycles. The number of halogens is 1. The van der Waals surface area contributed by atoms with Crippen LogP contribution in [0.25, 0.3) is 11.2 Å². The zero-order chi connectivity index (χ0) is 14.4. The molecule has 0 unspecified atom stereocenters. The van der Waals surface area contributed by atoms with E-state index in [4.69, 9.17) is 0 Å². The van der Waals surface area contributed by atoms with Gasteiger partial charge in [-0.2, -0.15) is 0 Å². The van der Waals surface area contributed by atoms with Crippen molar-refractivity contribution in [1.82, 2.24) is 23.7 Å². The number of hydrogen-bond acceptors (Lipinski definition) is 3. The van der Waals surface area contributed by atoms with Gasteiger partial charge in [0.15, 0.2) is 15.9 Å². The zero-order valence-electron chi connectivity index (χ0n) is 10.9. The van der Waals surface area contributed by atoms with Crippen LogP contribution in [-0.4, -0.2) is 23.7 Å². The third-order valence-corrected chi connectivity index (χ3v) is 4.01. The summed E-state index contributed by atoms with van der Waals surface area (Å²) < 4.78 is 4.71. The Kier molecular flexibility index (Phi) is 2.89. The van der Waals surface area contributed by atoms with Crippen LogP contribution < -0.4 is 11.2 Å². The first-order valence-electron chi connectivity index (χ1n) is 5.94. The second kappa shape index (κ2) is 4.48. The van der Waals surface area contributed by atoms with Gasteiger partial charge in [-0.3, -0.25) is 13.9 Å². The Labute approximate surface area is 121 Å². The van der Waals surface area contributed by atoms with E-state index in [1.165, 1.54) is 9.13 Å². The minimum absolute atomic E-state index is 0.206. The van der Waals surface area contributed by atoms with E-state index < -0.39 is 0 Å². The fourth-order valence-electron chi connectivity index (χ4n) is 2.19. The molecule has 0 aromatic carbocycles. The van der Waals surface area contributed by atoms with E-state index in [0.29, 0.717) is 15.9 Å². The monoisotopic (exact) mass is 337 g/mol. The first-order valence-corrected chi connectivity index (χ1v) is 6.74. The lowest BCUT2D eigenvalue weighted by atomic mass is 10.4. The minimum Gasteiger partial charge on any atom is -0.364 e. The van der Waals surface area contributed by atoms with Gasteiger partial charge in [0.2, 0.25) is 0 Å². The van der Waals surface area contributed by atoms with E-state index >= 15 is 0 Å². The summed E-state index contributed by atoms with van der Waals surface area (Å²) in [5, 5.41) is 0. The van der Waals surface area contributed by atoms with Crippen LogP contribution in [0.5, 0.6) is 0 Å². The minimum atomic E-state index is -0.386. The summed E-state index contributed by atoms with van der Waals surface area (Å²) in [6.45, 7) is 0.206. The topological polar surface area (TPSA) is 77.6 Å². The van der Waals surface area contributed by atoms with Crippen LogP contribution in [0.4, 0.5) is 0 Å². The maximum Gasteiger partial charge on any atom is 0.332 e. The van der Waals surface area contributed by atoms with Crippen LogP contribution in [-0.2, 0) is 20.6 Å². The molecule has 0 aliphatic rings. The molecule has 20 heavy (non-hydrogen) atoms. The van der Waals surface area contributed by atoms with Crippen molar-refractivity contribution in [2.75, 3.05) is 0 Å². The van der Waals surface area contributed by atoms with E-state index in [9.17, 15) is 9.59 Å². The molecule has 0 bridgehead atoms. The summed E-state index contributed by atoms with van der Waals surface area (Å²) in [5.74, 6) is 0. The van der Waals surface area contributed by atoms with Crippen LogP contribution in [0.3, 0.4) is 0 Å². The highest BCUT2D eigenvalue weighted by molar-refractivity contribution is 9.10. The number of H-pyrrole nitrogens is 1. The van der Waals surface area contributed by atoms with Crippen molar-refractivity contribution >= 4 is 27.1 Å². The normalized spacial score (nSPS) is 11.3. The number of nitrogens with zero attached hydrogens (tertiary/aromatic N) is 4. The van der Waals surface area contributed by atoms with Crippen LogP contribution in [0.2, 0.25) is 0 Å². The largest absolute Gasteiger partial charge is 0.364 e. The maximum atomic E-state index is 12.5. The lowest BCUT2D eigenvalue weighted by molar-refractivity contribution is 0.647. The lowest BCUT2D eigenvalue weighted by Gasteiger charge is -2.07. The van der Waals surface area contributed by atoms with Gasteiger partial charge in [-0.1, -0.05) is 0 Å². The molecule has 8 heteroatoms. The van der Waals surface area contributed by atoms with Crippen molar-refractivity contribution in [3.8, 4) is 0 Å². The molecule has 104 valence electrons. The smallest absolute Gasteiger partial charge is 0.332 e. The Bertz CT molecular complexity index is 901. The Hall–Kier alpha value is -2.09. The maximum absolute atomic E-state index is 12.5. The standard InChI is InChI=1S/C12H12BrN5O2/c1-16-8-9(15-11(16)13)17(2)12(20)18(10(8)19)6-7-4-3-5-14-7/h3-5,14H,6H2,1-2H3. The molecule has 0 radical (unpaired) electrons. The Morgan fingerprint density at radius 1 is 1.30 bits per heavy atom. The van der Waals surface area contributed by atoms with Crippen molar-refractivity contribution in [1.29, 1.82) is 0 Å². The molecule has 0 atom stereocenters. The van der Waals surface area contributed by atoms with Gasteiger partial charge in [-0.15, -0.1) is 0 Å². The second-order valence-electron chi connectivity index (χ2n) is 4.54. The van der Waals surface area contributed by atoms with E-state index in [1.54, 1.807) is 24.9 Å². The molecule has 0 amide bonds. The molecule has 7 nitrogen and oxygen atoms in total. The number of aromatic nitrogens is 5. The SMILES string of the molecule is Cn1c(Br)nc2c1c(=O)n(Cc1ccc[nH]1)c(=O)n2C. The molecule has 0 spiro atoms. The highest BCUT2D eigenvalue weighted by atomic mass is 79.9. The van der Waals surface area contributed by atoms with E-state index in [2.05, 4.69) is 25.9 Å². The first kappa shape index (κ1) is 12.9. The molecule has 3 rings (SSSR count). The molecule has 0 saturated heterocycles. The fourth-order valence-corrected chi connectivity index (χ4v) is 2.54. The lowest BCUT2D eigenvalue weighted by Crippen LogP contribution is -2.39. The Morgan fingerprint density at radius 2 is 2.05 bits per heavy atom. The first-order chi connectivity index (χ1) is 9.50. The van der Waals surface area contributed by atoms with Gasteiger partial charge in [-0.05, 0) is 28.1 Å². The molecule has 0 fully saturated rings. The molecule has 1 N–H and O–H groups in total. The molecule has 0 saturated carbocycles. The highest BCUT2D eigenvalue weighted by Crippen LogP contribution is 2.13. The third-order valence-electron chi connectivity index (χ3n) is 3.30. The number of fused-ring (bicyclic) bond motifs is 1. The Morgan fingerprint density at radius 3 is 2.70 bits per heavy atom. The average Bonchev–Trinajstić information content (AvgIpc) is 3.02. The van der Waals surface area contributed by atoms with Gasteiger partial charge in [0.05, 0.1) is 6.54 Å². The number of imidazole rings is 1. The molecule has 3 aromatic heterocycles. The predicted molar refractivity (Wildman–Crippen MR) is 77.8 cm³/mol. The quantitative estimate of drug-likeness (QED) is 0.694. The van der Waals surface area contributed by atoms with Gasteiger partial charge >= 0.3 is 5.69 Å². The van der Waals surface area contributed by atoms with Gasteiger partial charge in [0.1, 0.15) is 0 Å². The molecular formula is C12H12BrN5O2. The van der Waals surface area contributed by atoms with Crippen molar-refractivity contribution in [2.45, 2.75) is 6.54 Å². The zero-order valence-corrected chi connectivity index (χ0v) is 12.5. The van der Waals surface area contributed by atoms with Crippen molar-refractivity contribution < 1.29 is 0 Å². The number of hydrogen-bond donors (Lipinski definition) is 1. The number of aryl methyl sites for hydroxylation is 2. The molecular weight excluding hydrogens is 326 g/mol. The summed E-state index contributed by atoms with van der Waals surface area (Å²) in [6.07, 6.45) is 1.75. The predicted octanol–water partition coefficient (Wildman–Crippen LogP) is 0.573. The fraction of sp³-hybridized carbons (Fsp3) is 0.250. The van der Waals surface area contributed by atoms with Gasteiger partial charge in [0, 0.05) is 26.0 Å². The van der Waals surface area contributed by atoms with Crippen LogP contribution >= 0.6 is 15.9 Å². The highest BCUT2D eigenvalue weighted by Gasteiger charge is 2.17. The summed E-state index contributed by atoms with van der Waals surface area (Å²) in [5.41, 5.74) is 0.827. The summed E-state index contributed by atoms with van der Waals surface area (Å²) in [4.78, 5) is 32.0. The van der Waals surface area contributed by atoms with Crippen LogP contribution in [0, 0.1) is 0 Å². The Balaban J connectivity index is 2.35. The van der Waals surface area contributed by atoms with Crippen LogP contribution in [0.1, 0.15) is 5.69 Å². The van der Waals surface area contributed by atoms with Gasteiger partial charge in [0.25, 0.3) is 5.56 Å². The van der Waals surface area contributed by atoms with E-state index in [-0.39, 0.29) is 17.8 Å². The number of aromatic amines is 1. The van der Waals surface area contributed by atoms with Crippen LogP contribution in [0.15, 0.2) is 32.7 Å². The second-order valence-corrected chi connectivity index (χ2v) is 5.25. The van der Waals surface area contributed by atoms with E-state index in [0.717, 1.165) is 5.69 Å². The van der Waals surface area contributed by atoms with Crippen molar-refractivity contribution in [3.05, 3.63) is 49.6 Å². The summed E-state index contributed by atoms with van der Waals surface area (Å²) in [6, 6.07) is 3.65. The summed E-state index contributed by atoms with van der Waals surface area (Å²) >= 11 is 3.27. The molecule has 3 aromatic rings. The molecule has 3 heterocycles. The van der Waals surface area contributed by atoms with Gasteiger partial charge in [-0.25, -0.2) is 9.78 Å².